The molecule has 0 bridgehead atoms. The van der Waals surface area contributed by atoms with E-state index in [0.29, 0.717) is 5.75 Å². The Labute approximate surface area is 82.6 Å². The SMILES string of the molecule is COc1c(F)cccc1C=CCS. The Bertz CT molecular complexity index is 310. The third-order valence-corrected chi connectivity index (χ3v) is 1.82. The molecule has 0 aliphatic heterocycles. The molecule has 0 radical (unpaired) electrons. The van der Waals surface area contributed by atoms with E-state index in [2.05, 4.69) is 12.6 Å². The van der Waals surface area contributed by atoms with Crippen molar-refractivity contribution in [3.8, 4) is 5.75 Å². The molecule has 1 aromatic rings. The maximum atomic E-state index is 13.1. The van der Waals surface area contributed by atoms with Crippen molar-refractivity contribution in [2.24, 2.45) is 0 Å². The summed E-state index contributed by atoms with van der Waals surface area (Å²) in [6, 6.07) is 4.81. The number of hydrogen-bond donors (Lipinski definition) is 1. The van der Waals surface area contributed by atoms with E-state index < -0.39 is 0 Å². The van der Waals surface area contributed by atoms with Gasteiger partial charge in [-0.15, -0.1) is 0 Å². The molecule has 13 heavy (non-hydrogen) atoms. The Morgan fingerprint density at radius 2 is 2.31 bits per heavy atom. The summed E-state index contributed by atoms with van der Waals surface area (Å²) >= 11 is 4.02. The van der Waals surface area contributed by atoms with Gasteiger partial charge in [-0.3, -0.25) is 0 Å². The lowest BCUT2D eigenvalue weighted by Gasteiger charge is -2.04. The van der Waals surface area contributed by atoms with Crippen molar-refractivity contribution in [3.63, 3.8) is 0 Å². The summed E-state index contributed by atoms with van der Waals surface area (Å²) in [6.07, 6.45) is 3.62. The minimum Gasteiger partial charge on any atom is -0.493 e. The maximum Gasteiger partial charge on any atom is 0.165 e. The topological polar surface area (TPSA) is 9.23 Å². The van der Waals surface area contributed by atoms with Crippen LogP contribution in [0.25, 0.3) is 6.08 Å². The lowest BCUT2D eigenvalue weighted by Crippen LogP contribution is -1.90. The molecule has 0 aliphatic carbocycles. The van der Waals surface area contributed by atoms with Gasteiger partial charge in [0.15, 0.2) is 11.6 Å². The fourth-order valence-corrected chi connectivity index (χ4v) is 1.16. The fraction of sp³-hybridized carbons (Fsp3) is 0.200. The van der Waals surface area contributed by atoms with E-state index >= 15 is 0 Å². The third-order valence-electron chi connectivity index (χ3n) is 1.60. The lowest BCUT2D eigenvalue weighted by atomic mass is 10.2. The first-order valence-electron chi connectivity index (χ1n) is 3.89. The van der Waals surface area contributed by atoms with Crippen LogP contribution >= 0.6 is 12.6 Å². The lowest BCUT2D eigenvalue weighted by molar-refractivity contribution is 0.385. The number of thiol groups is 1. The van der Waals surface area contributed by atoms with E-state index in [4.69, 9.17) is 4.74 Å². The van der Waals surface area contributed by atoms with Crippen LogP contribution in [0.4, 0.5) is 4.39 Å². The highest BCUT2D eigenvalue weighted by atomic mass is 32.1. The molecule has 0 aromatic heterocycles. The van der Waals surface area contributed by atoms with E-state index in [9.17, 15) is 4.39 Å². The number of benzene rings is 1. The highest BCUT2D eigenvalue weighted by Crippen LogP contribution is 2.23. The second-order valence-electron chi connectivity index (χ2n) is 2.45. The summed E-state index contributed by atoms with van der Waals surface area (Å²) in [5, 5.41) is 0. The van der Waals surface area contributed by atoms with Crippen LogP contribution in [0, 0.1) is 5.82 Å². The van der Waals surface area contributed by atoms with Crippen molar-refractivity contribution >= 4 is 18.7 Å². The molecule has 1 rings (SSSR count). The van der Waals surface area contributed by atoms with Gasteiger partial charge in [0.25, 0.3) is 0 Å². The molecular weight excluding hydrogens is 187 g/mol. The fourth-order valence-electron chi connectivity index (χ4n) is 1.05. The van der Waals surface area contributed by atoms with Crippen LogP contribution in [-0.2, 0) is 0 Å². The van der Waals surface area contributed by atoms with Crippen molar-refractivity contribution in [1.29, 1.82) is 0 Å². The molecule has 0 spiro atoms. The Kier molecular flexibility index (Phi) is 3.83. The molecule has 0 aliphatic rings. The van der Waals surface area contributed by atoms with Gasteiger partial charge < -0.3 is 4.74 Å². The first-order valence-corrected chi connectivity index (χ1v) is 4.52. The highest BCUT2D eigenvalue weighted by molar-refractivity contribution is 7.80. The molecule has 3 heteroatoms. The number of para-hydroxylation sites is 1. The Balaban J connectivity index is 3.05. The van der Waals surface area contributed by atoms with Gasteiger partial charge >= 0.3 is 0 Å². The normalized spacial score (nSPS) is 10.7. The van der Waals surface area contributed by atoms with Gasteiger partial charge in [-0.2, -0.15) is 12.6 Å². The summed E-state index contributed by atoms with van der Waals surface area (Å²) in [5.41, 5.74) is 0.733. The molecule has 0 saturated heterocycles. The van der Waals surface area contributed by atoms with Gasteiger partial charge in [-0.05, 0) is 6.07 Å². The average Bonchev–Trinajstić information content (AvgIpc) is 2.15. The Morgan fingerprint density at radius 1 is 1.54 bits per heavy atom. The number of methoxy groups -OCH3 is 1. The van der Waals surface area contributed by atoms with Crippen LogP contribution in [0.15, 0.2) is 24.3 Å². The summed E-state index contributed by atoms with van der Waals surface area (Å²) < 4.78 is 18.0. The maximum absolute atomic E-state index is 13.1. The van der Waals surface area contributed by atoms with Gasteiger partial charge in [0, 0.05) is 11.3 Å². The Hall–Kier alpha value is -0.960. The standard InChI is InChI=1S/C10H11FOS/c1-12-10-8(5-3-7-13)4-2-6-9(10)11/h2-6,13H,7H2,1H3. The van der Waals surface area contributed by atoms with Gasteiger partial charge in [0.05, 0.1) is 7.11 Å². The van der Waals surface area contributed by atoms with E-state index in [1.165, 1.54) is 13.2 Å². The van der Waals surface area contributed by atoms with Crippen molar-refractivity contribution < 1.29 is 9.13 Å². The van der Waals surface area contributed by atoms with Crippen LogP contribution in [0.3, 0.4) is 0 Å². The van der Waals surface area contributed by atoms with E-state index in [1.807, 2.05) is 6.08 Å². The summed E-state index contributed by atoms with van der Waals surface area (Å²) in [7, 11) is 1.45. The molecule has 1 nitrogen and oxygen atoms in total. The van der Waals surface area contributed by atoms with Gasteiger partial charge in [0.1, 0.15) is 0 Å². The first-order chi connectivity index (χ1) is 6.29. The molecule has 0 heterocycles. The quantitative estimate of drug-likeness (QED) is 0.735. The van der Waals surface area contributed by atoms with Crippen molar-refractivity contribution in [2.45, 2.75) is 0 Å². The minimum atomic E-state index is -0.344. The first kappa shape index (κ1) is 10.1. The summed E-state index contributed by atoms with van der Waals surface area (Å²) in [6.45, 7) is 0. The smallest absolute Gasteiger partial charge is 0.165 e. The van der Waals surface area contributed by atoms with Gasteiger partial charge in [0.2, 0.25) is 0 Å². The minimum absolute atomic E-state index is 0.278. The molecule has 0 unspecified atom stereocenters. The summed E-state index contributed by atoms with van der Waals surface area (Å²) in [5.74, 6) is 0.559. The van der Waals surface area contributed by atoms with Crippen LogP contribution in [-0.4, -0.2) is 12.9 Å². The number of ether oxygens (including phenoxy) is 1. The van der Waals surface area contributed by atoms with Crippen molar-refractivity contribution in [2.75, 3.05) is 12.9 Å². The van der Waals surface area contributed by atoms with Crippen LogP contribution < -0.4 is 4.74 Å². The predicted octanol–water partition coefficient (Wildman–Crippen LogP) is 2.78. The number of hydrogen-bond acceptors (Lipinski definition) is 2. The Morgan fingerprint density at radius 3 is 2.92 bits per heavy atom. The third kappa shape index (κ3) is 2.49. The molecule has 0 saturated carbocycles. The molecule has 0 fully saturated rings. The molecular formula is C10H11FOS. The average molecular weight is 198 g/mol. The molecule has 0 N–H and O–H groups in total. The molecule has 0 atom stereocenters. The van der Waals surface area contributed by atoms with E-state index in [1.54, 1.807) is 18.2 Å². The molecule has 70 valence electrons. The monoisotopic (exact) mass is 198 g/mol. The number of halogens is 1. The molecule has 1 aromatic carbocycles. The van der Waals surface area contributed by atoms with Crippen molar-refractivity contribution in [1.82, 2.24) is 0 Å². The zero-order valence-electron chi connectivity index (χ0n) is 7.33. The van der Waals surface area contributed by atoms with Crippen LogP contribution in [0.2, 0.25) is 0 Å². The predicted molar refractivity (Wildman–Crippen MR) is 55.8 cm³/mol. The highest BCUT2D eigenvalue weighted by Gasteiger charge is 2.04. The second kappa shape index (κ2) is 4.92. The van der Waals surface area contributed by atoms with Crippen molar-refractivity contribution in [3.05, 3.63) is 35.7 Å². The van der Waals surface area contributed by atoms with Crippen LogP contribution in [0.1, 0.15) is 5.56 Å². The van der Waals surface area contributed by atoms with Gasteiger partial charge in [-0.1, -0.05) is 24.3 Å². The zero-order chi connectivity index (χ0) is 9.68. The second-order valence-corrected chi connectivity index (χ2v) is 2.81. The van der Waals surface area contributed by atoms with Gasteiger partial charge in [-0.25, -0.2) is 4.39 Å². The zero-order valence-corrected chi connectivity index (χ0v) is 8.22. The largest absolute Gasteiger partial charge is 0.493 e. The number of rotatable bonds is 3. The summed E-state index contributed by atoms with van der Waals surface area (Å²) in [4.78, 5) is 0. The van der Waals surface area contributed by atoms with E-state index in [-0.39, 0.29) is 11.6 Å². The molecule has 0 amide bonds. The van der Waals surface area contributed by atoms with E-state index in [0.717, 1.165) is 5.56 Å². The van der Waals surface area contributed by atoms with Crippen LogP contribution in [0.5, 0.6) is 5.75 Å².